The van der Waals surface area contributed by atoms with E-state index in [-0.39, 0.29) is 151 Å². The number of carboxylic acids is 1. The number of aromatic carboxylic acids is 1. The third kappa shape index (κ3) is 22.9. The summed E-state index contributed by atoms with van der Waals surface area (Å²) in [6.07, 6.45) is 7.34. The predicted molar refractivity (Wildman–Crippen MR) is 408 cm³/mol. The van der Waals surface area contributed by atoms with Gasteiger partial charge in [-0.2, -0.15) is 22.7 Å². The van der Waals surface area contributed by atoms with Crippen molar-refractivity contribution in [2.24, 2.45) is 34.1 Å². The number of rotatable bonds is 40. The van der Waals surface area contributed by atoms with E-state index in [0.29, 0.717) is 85.9 Å². The monoisotopic (exact) mass is 1540 g/mol. The molecule has 109 heavy (non-hydrogen) atoms. The second-order valence-electron chi connectivity index (χ2n) is 27.3. The molecule has 0 unspecified atom stereocenters. The maximum absolute atomic E-state index is 15.4. The summed E-state index contributed by atoms with van der Waals surface area (Å²) < 4.78 is 32.9. The van der Waals surface area contributed by atoms with Gasteiger partial charge in [0, 0.05) is 118 Å². The number of esters is 2. The predicted octanol–water partition coefficient (Wildman–Crippen LogP) is 10.6. The highest BCUT2D eigenvalue weighted by molar-refractivity contribution is 7.08. The van der Waals surface area contributed by atoms with Crippen LogP contribution >= 0.6 is 22.7 Å². The Morgan fingerprint density at radius 1 is 0.624 bits per heavy atom. The van der Waals surface area contributed by atoms with E-state index in [1.165, 1.54) is 52.0 Å². The van der Waals surface area contributed by atoms with E-state index in [9.17, 15) is 72.5 Å². The van der Waals surface area contributed by atoms with Crippen molar-refractivity contribution >= 4 is 122 Å². The van der Waals surface area contributed by atoms with Crippen LogP contribution in [0.3, 0.4) is 0 Å². The summed E-state index contributed by atoms with van der Waals surface area (Å²) in [4.78, 5) is 171. The van der Waals surface area contributed by atoms with Crippen molar-refractivity contribution in [2.75, 3.05) is 68.0 Å². The molecule has 2 aliphatic carbocycles. The third-order valence-electron chi connectivity index (χ3n) is 20.2. The molecule has 6 aromatic rings. The van der Waals surface area contributed by atoms with Crippen molar-refractivity contribution in [3.63, 3.8) is 0 Å². The van der Waals surface area contributed by atoms with E-state index in [2.05, 4.69) is 34.4 Å². The fraction of sp³-hybridized carbons (Fsp3) is 0.430. The first-order valence-corrected chi connectivity index (χ1v) is 38.1. The van der Waals surface area contributed by atoms with E-state index in [4.69, 9.17) is 25.7 Å². The Balaban J connectivity index is 0.000000306. The molecule has 582 valence electrons. The largest absolute Gasteiger partial charge is 0.477 e. The fourth-order valence-electron chi connectivity index (χ4n) is 13.7. The van der Waals surface area contributed by atoms with E-state index >= 15 is 4.39 Å². The highest BCUT2D eigenvalue weighted by Crippen LogP contribution is 2.48. The van der Waals surface area contributed by atoms with Gasteiger partial charge < -0.3 is 71.5 Å². The van der Waals surface area contributed by atoms with Crippen LogP contribution < -0.4 is 43.1 Å². The topological polar surface area (TPSA) is 402 Å². The standard InChI is InChI=1S/C48H55FN6O11S.C31H39N3O7S/c1-3-20-65-42(58)24-33(32-12-21-67-29-32)23-41(57)48(13-6-14-48)40(56)22-31(7-5-15-51-46(50)63)44(60)52-34-10-8-30(9-11-34)28-66-47(64)55-18-16-54(17-19-55)39-26-38-35(25-37(39)49)43(59)36(45(61)62)27-53(38)4-2;1-2-14-41-28(38)18-24(23-10-15-42-20-23)17-27(37)31(11-4-12-31)26(36)16-22(5-3-13-33-30(32)40)29(39)34-25-8-6-21(19-35)7-9-25/h3,8-12,21,25-27,29,31,33H,1,4-7,13-20,22-24,28H2,2H3,(H,52,60)(H,61,62)(H3,50,51,63);2,6-10,15,20,22,24,35H,1,3-5,11-14,16-19H2,(H,34,39)(H3,32,33,40)/t31-,33-;22-,24+/m11/s1. The molecule has 3 aliphatic rings. The molecule has 3 fully saturated rings. The van der Waals surface area contributed by atoms with Crippen LogP contribution in [0.2, 0.25) is 0 Å². The summed E-state index contributed by atoms with van der Waals surface area (Å²) in [7, 11) is 0. The summed E-state index contributed by atoms with van der Waals surface area (Å²) in [5.74, 6) is -7.44. The molecule has 1 saturated heterocycles. The number of hydrogen-bond acceptors (Lipinski definition) is 20. The van der Waals surface area contributed by atoms with Crippen LogP contribution in [-0.4, -0.2) is 143 Å². The number of primary amides is 2. The van der Waals surface area contributed by atoms with Crippen LogP contribution in [0.4, 0.5) is 35.8 Å². The number of aryl methyl sites for hydroxylation is 1. The number of pyridine rings is 1. The Bertz CT molecular complexity index is 4300. The van der Waals surface area contributed by atoms with E-state index in [1.54, 1.807) is 64.9 Å². The average molecular weight is 1540 g/mol. The summed E-state index contributed by atoms with van der Waals surface area (Å²) in [6.45, 7) is 10.6. The number of halogens is 1. The van der Waals surface area contributed by atoms with Crippen LogP contribution in [0.15, 0.2) is 131 Å². The normalized spacial score (nSPS) is 15.1. The van der Waals surface area contributed by atoms with Crippen LogP contribution in [0.5, 0.6) is 0 Å². The number of piperazine rings is 1. The smallest absolute Gasteiger partial charge is 0.410 e. The number of ether oxygens (including phenoxy) is 3. The second kappa shape index (κ2) is 40.5. The number of amides is 7. The Kier molecular flexibility index (Phi) is 31.2. The fourth-order valence-corrected chi connectivity index (χ4v) is 15.2. The minimum absolute atomic E-state index is 0.00749. The van der Waals surface area contributed by atoms with Crippen molar-refractivity contribution in [3.05, 3.63) is 170 Å². The first-order valence-electron chi connectivity index (χ1n) is 36.3. The van der Waals surface area contributed by atoms with Gasteiger partial charge in [-0.05, 0) is 151 Å². The summed E-state index contributed by atoms with van der Waals surface area (Å²) in [5, 5.41) is 36.9. The van der Waals surface area contributed by atoms with Crippen molar-refractivity contribution in [2.45, 2.75) is 141 Å². The molecule has 0 radical (unpaired) electrons. The molecule has 27 nitrogen and oxygen atoms in total. The Morgan fingerprint density at radius 2 is 1.08 bits per heavy atom. The molecular formula is C79H94FN9O18S2. The molecule has 2 saturated carbocycles. The highest BCUT2D eigenvalue weighted by atomic mass is 32.1. The van der Waals surface area contributed by atoms with Gasteiger partial charge in [0.2, 0.25) is 17.2 Å². The Hall–Kier alpha value is -10.7. The van der Waals surface area contributed by atoms with Gasteiger partial charge in [0.25, 0.3) is 0 Å². The molecule has 7 amide bonds. The number of anilines is 3. The van der Waals surface area contributed by atoms with Crippen LogP contribution in [0.25, 0.3) is 10.9 Å². The molecule has 3 aromatic carbocycles. The Labute approximate surface area is 638 Å². The number of carbonyl (C=O) groups is 12. The SMILES string of the molecule is C=CCOC(=O)C[C@@H](CC(=O)C1(C(=O)C[C@@H](CCCNC(N)=O)C(=O)Nc2ccc(COC(=O)N3CCN(c4cc5c(cc4F)c(=O)c(C(=O)O)cn5CC)CC3)cc2)CCC1)c1ccsc1.C=CCOC(=O)C[C@H](CC(=O)C1(C(=O)C[C@@H](CCCNC(N)=O)C(=O)Nc2ccc(CO)cc2)CCC1)c1ccsc1. The number of nitrogens with zero attached hydrogens (tertiary/aromatic N) is 3. The number of Topliss-reactive ketones (excluding diaryl/α,β-unsaturated/α-hetero) is 4. The van der Waals surface area contributed by atoms with Gasteiger partial charge in [-0.15, -0.1) is 0 Å². The number of carbonyl (C=O) groups excluding carboxylic acids is 11. The van der Waals surface area contributed by atoms with Gasteiger partial charge in [-0.25, -0.2) is 23.6 Å². The van der Waals surface area contributed by atoms with Gasteiger partial charge >= 0.3 is 36.1 Å². The van der Waals surface area contributed by atoms with Gasteiger partial charge in [0.1, 0.15) is 54.3 Å². The second-order valence-corrected chi connectivity index (χ2v) is 28.9. The molecule has 0 bridgehead atoms. The summed E-state index contributed by atoms with van der Waals surface area (Å²) >= 11 is 2.90. The molecular weight excluding hydrogens is 1450 g/mol. The molecule has 0 spiro atoms. The van der Waals surface area contributed by atoms with Crippen molar-refractivity contribution in [1.29, 1.82) is 0 Å². The van der Waals surface area contributed by atoms with Gasteiger partial charge in [0.05, 0.1) is 41.5 Å². The van der Waals surface area contributed by atoms with Crippen LogP contribution in [0, 0.1) is 28.5 Å². The number of aromatic nitrogens is 1. The van der Waals surface area contributed by atoms with Gasteiger partial charge in [0.15, 0.2) is 0 Å². The number of nitrogens with two attached hydrogens (primary N) is 2. The Morgan fingerprint density at radius 3 is 1.48 bits per heavy atom. The van der Waals surface area contributed by atoms with Crippen molar-refractivity contribution in [1.82, 2.24) is 20.1 Å². The number of aliphatic hydroxyl groups excluding tert-OH is 1. The van der Waals surface area contributed by atoms with Crippen LogP contribution in [-0.2, 0) is 72.3 Å². The van der Waals surface area contributed by atoms with Crippen LogP contribution in [0.1, 0.15) is 154 Å². The van der Waals surface area contributed by atoms with Gasteiger partial charge in [-0.1, -0.05) is 62.4 Å². The summed E-state index contributed by atoms with van der Waals surface area (Å²) in [6, 6.07) is 18.2. The lowest BCUT2D eigenvalue weighted by molar-refractivity contribution is -0.150. The lowest BCUT2D eigenvalue weighted by Gasteiger charge is -2.40. The zero-order valence-corrected chi connectivity index (χ0v) is 62.5. The number of thiophene rings is 2. The van der Waals surface area contributed by atoms with E-state index in [0.717, 1.165) is 23.6 Å². The maximum atomic E-state index is 15.4. The molecule has 3 aromatic heterocycles. The molecule has 10 N–H and O–H groups in total. The molecule has 4 heterocycles. The minimum Gasteiger partial charge on any atom is -0.477 e. The molecule has 1 aliphatic heterocycles. The van der Waals surface area contributed by atoms with E-state index < -0.39 is 93.3 Å². The zero-order chi connectivity index (χ0) is 78.8. The number of ketones is 4. The number of carboxylic acid groups (broad SMARTS) is 1. The van der Waals surface area contributed by atoms with Gasteiger partial charge in [-0.3, -0.25) is 43.2 Å². The number of urea groups is 2. The lowest BCUT2D eigenvalue weighted by Crippen LogP contribution is -2.49. The number of fused-ring (bicyclic) bond motifs is 1. The highest BCUT2D eigenvalue weighted by Gasteiger charge is 2.52. The first kappa shape index (κ1) is 83.9. The first-order chi connectivity index (χ1) is 52.3. The minimum atomic E-state index is -1.39. The van der Waals surface area contributed by atoms with Crippen molar-refractivity contribution in [3.8, 4) is 0 Å². The lowest BCUT2D eigenvalue weighted by atomic mass is 9.60. The number of aliphatic hydroxyl groups is 1. The quantitative estimate of drug-likeness (QED) is 0.00582. The summed E-state index contributed by atoms with van der Waals surface area (Å²) in [5.41, 5.74) is 11.2. The number of benzene rings is 3. The third-order valence-corrected chi connectivity index (χ3v) is 21.6. The molecule has 9 rings (SSSR count). The average Bonchev–Trinajstić information content (AvgIpc) is 1.16. The number of nitrogens with one attached hydrogen (secondary N) is 4. The maximum Gasteiger partial charge on any atom is 0.410 e. The van der Waals surface area contributed by atoms with Crippen molar-refractivity contribution < 1.29 is 86.3 Å². The number of hydrogen-bond donors (Lipinski definition) is 8. The molecule has 4 atom stereocenters. The molecule has 30 heteroatoms. The van der Waals surface area contributed by atoms with E-state index in [1.807, 2.05) is 33.7 Å². The zero-order valence-electron chi connectivity index (χ0n) is 60.9.